The smallest absolute Gasteiger partial charge is 0.386 e. The second kappa shape index (κ2) is 6.91. The van der Waals surface area contributed by atoms with E-state index in [4.69, 9.17) is 0 Å². The van der Waals surface area contributed by atoms with Crippen LogP contribution in [-0.2, 0) is 0 Å². The summed E-state index contributed by atoms with van der Waals surface area (Å²) in [4.78, 5) is 0. The Hall–Kier alpha value is -0.220. The highest BCUT2D eigenvalue weighted by Crippen LogP contribution is 2.48. The second-order valence-electron chi connectivity index (χ2n) is 5.75. The molecule has 0 rings (SSSR count). The molecule has 10 heteroatoms. The van der Waals surface area contributed by atoms with Gasteiger partial charge in [0.25, 0.3) is 5.67 Å². The van der Waals surface area contributed by atoms with Crippen molar-refractivity contribution < 1.29 is 40.3 Å². The number of hydrogen-bond acceptors (Lipinski definition) is 2. The lowest BCUT2D eigenvalue weighted by Crippen LogP contribution is -2.53. The van der Waals surface area contributed by atoms with Crippen LogP contribution >= 0.6 is 11.8 Å². The first-order valence-corrected chi connectivity index (χ1v) is 7.14. The number of likely N-dealkylation sites (N-methyl/N-ethyl adjacent to an activating group) is 1. The Bertz CT molecular complexity index is 310. The van der Waals surface area contributed by atoms with Crippen LogP contribution in [0, 0.1) is 0 Å². The van der Waals surface area contributed by atoms with Gasteiger partial charge < -0.3 is 9.59 Å². The Labute approximate surface area is 122 Å². The summed E-state index contributed by atoms with van der Waals surface area (Å²) in [5.74, 6) is -0.745. The third-order valence-corrected chi connectivity index (χ3v) is 3.67. The van der Waals surface area contributed by atoms with Crippen molar-refractivity contribution in [2.45, 2.75) is 30.5 Å². The summed E-state index contributed by atoms with van der Waals surface area (Å²) < 4.78 is 87.2. The van der Waals surface area contributed by atoms with Crippen molar-refractivity contribution in [3.63, 3.8) is 0 Å². The van der Waals surface area contributed by atoms with Crippen LogP contribution in [0.2, 0.25) is 0 Å². The SMILES string of the molecule is C[N+](C)(C)CC(O)CSCCC(F)(C(F)(F)F)C(F)(F)F. The number of thioether (sulfide) groups is 1. The van der Waals surface area contributed by atoms with Gasteiger partial charge in [0.2, 0.25) is 0 Å². The summed E-state index contributed by atoms with van der Waals surface area (Å²) in [5, 5.41) is 9.56. The lowest BCUT2D eigenvalue weighted by Gasteiger charge is -2.30. The highest BCUT2D eigenvalue weighted by molar-refractivity contribution is 7.99. The summed E-state index contributed by atoms with van der Waals surface area (Å²) in [6.45, 7) is 0.284. The number of halogens is 7. The van der Waals surface area contributed by atoms with Gasteiger partial charge >= 0.3 is 12.4 Å². The van der Waals surface area contributed by atoms with Gasteiger partial charge in [-0.15, -0.1) is 0 Å². The molecule has 128 valence electrons. The zero-order valence-corrected chi connectivity index (χ0v) is 12.7. The van der Waals surface area contributed by atoms with E-state index in [1.807, 2.05) is 0 Å². The van der Waals surface area contributed by atoms with Gasteiger partial charge in [-0.3, -0.25) is 0 Å². The van der Waals surface area contributed by atoms with Crippen molar-refractivity contribution >= 4 is 11.8 Å². The molecule has 0 aromatic carbocycles. The zero-order chi connectivity index (χ0) is 17.1. The lowest BCUT2D eigenvalue weighted by atomic mass is 10.0. The maximum Gasteiger partial charge on any atom is 0.431 e. The van der Waals surface area contributed by atoms with Crippen molar-refractivity contribution in [3.8, 4) is 0 Å². The number of quaternary nitrogens is 1. The quantitative estimate of drug-likeness (QED) is 0.434. The second-order valence-corrected chi connectivity index (χ2v) is 6.90. The first-order valence-electron chi connectivity index (χ1n) is 5.99. The summed E-state index contributed by atoms with van der Waals surface area (Å²) >= 11 is 0.661. The van der Waals surface area contributed by atoms with Crippen LogP contribution in [0.1, 0.15) is 6.42 Å². The Balaban J connectivity index is 4.43. The molecule has 2 nitrogen and oxygen atoms in total. The molecule has 0 aliphatic carbocycles. The van der Waals surface area contributed by atoms with Crippen LogP contribution < -0.4 is 0 Å². The molecule has 0 amide bonds. The fourth-order valence-corrected chi connectivity index (χ4v) is 2.53. The molecule has 0 saturated heterocycles. The van der Waals surface area contributed by atoms with Crippen molar-refractivity contribution in [2.24, 2.45) is 0 Å². The summed E-state index contributed by atoms with van der Waals surface area (Å²) in [7, 11) is 5.31. The predicted octanol–water partition coefficient (Wildman–Crippen LogP) is 3.01. The third kappa shape index (κ3) is 6.60. The maximum absolute atomic E-state index is 13.3. The molecule has 0 radical (unpaired) electrons. The number of rotatable bonds is 7. The molecule has 0 saturated carbocycles. The van der Waals surface area contributed by atoms with Gasteiger partial charge in [-0.25, -0.2) is 4.39 Å². The standard InChI is InChI=1S/C11H19F7NOS/c1-19(2,3)6-8(20)7-21-5-4-9(12,10(13,14)15)11(16,17)18/h8,20H,4-7H2,1-3H3/q+1. The summed E-state index contributed by atoms with van der Waals surface area (Å²) in [5.41, 5.74) is -5.21. The van der Waals surface area contributed by atoms with Gasteiger partial charge in [0, 0.05) is 12.2 Å². The molecule has 0 bridgehead atoms. The van der Waals surface area contributed by atoms with Crippen molar-refractivity contribution in [1.82, 2.24) is 0 Å². The fourth-order valence-electron chi connectivity index (χ4n) is 1.56. The highest BCUT2D eigenvalue weighted by atomic mass is 32.2. The summed E-state index contributed by atoms with van der Waals surface area (Å²) in [6, 6.07) is 0. The number of alkyl halides is 7. The van der Waals surface area contributed by atoms with Crippen molar-refractivity contribution in [2.75, 3.05) is 39.2 Å². The molecule has 0 aliphatic rings. The Kier molecular flexibility index (Phi) is 6.83. The first-order chi connectivity index (χ1) is 9.10. The summed E-state index contributed by atoms with van der Waals surface area (Å²) in [6.07, 6.45) is -14.6. The molecule has 0 aliphatic heterocycles. The lowest BCUT2D eigenvalue weighted by molar-refractivity contribution is -0.873. The van der Waals surface area contributed by atoms with E-state index in [9.17, 15) is 35.8 Å². The average molecular weight is 346 g/mol. The van der Waals surface area contributed by atoms with Crippen LogP contribution in [0.3, 0.4) is 0 Å². The number of nitrogens with zero attached hydrogens (tertiary/aromatic N) is 1. The Morgan fingerprint density at radius 1 is 0.952 bits per heavy atom. The molecule has 0 aromatic heterocycles. The number of aliphatic hydroxyl groups is 1. The zero-order valence-electron chi connectivity index (χ0n) is 11.9. The van der Waals surface area contributed by atoms with E-state index in [1.54, 1.807) is 21.1 Å². The number of hydrogen-bond donors (Lipinski definition) is 1. The molecular weight excluding hydrogens is 327 g/mol. The van der Waals surface area contributed by atoms with Gasteiger partial charge in [-0.2, -0.15) is 38.1 Å². The third-order valence-electron chi connectivity index (χ3n) is 2.56. The molecule has 21 heavy (non-hydrogen) atoms. The normalized spacial score (nSPS) is 16.1. The van der Waals surface area contributed by atoms with Crippen LogP contribution in [0.25, 0.3) is 0 Å². The predicted molar refractivity (Wildman–Crippen MR) is 66.8 cm³/mol. The largest absolute Gasteiger partial charge is 0.431 e. The molecule has 0 spiro atoms. The van der Waals surface area contributed by atoms with Gasteiger partial charge in [-0.05, 0) is 5.75 Å². The van der Waals surface area contributed by atoms with E-state index in [-0.39, 0.29) is 12.3 Å². The van der Waals surface area contributed by atoms with Gasteiger partial charge in [0.15, 0.2) is 0 Å². The van der Waals surface area contributed by atoms with Crippen LogP contribution in [-0.4, -0.2) is 72.9 Å². The highest BCUT2D eigenvalue weighted by Gasteiger charge is 2.71. The Morgan fingerprint density at radius 2 is 1.38 bits per heavy atom. The van der Waals surface area contributed by atoms with Crippen LogP contribution in [0.5, 0.6) is 0 Å². The van der Waals surface area contributed by atoms with Crippen LogP contribution in [0.15, 0.2) is 0 Å². The van der Waals surface area contributed by atoms with Crippen LogP contribution in [0.4, 0.5) is 30.7 Å². The van der Waals surface area contributed by atoms with E-state index < -0.39 is 36.3 Å². The van der Waals surface area contributed by atoms with E-state index in [0.29, 0.717) is 16.2 Å². The Morgan fingerprint density at radius 3 is 1.71 bits per heavy atom. The van der Waals surface area contributed by atoms with Crippen molar-refractivity contribution in [3.05, 3.63) is 0 Å². The van der Waals surface area contributed by atoms with E-state index >= 15 is 0 Å². The van der Waals surface area contributed by atoms with Gasteiger partial charge in [-0.1, -0.05) is 0 Å². The van der Waals surface area contributed by atoms with E-state index in [1.165, 1.54) is 0 Å². The minimum Gasteiger partial charge on any atom is -0.386 e. The molecular formula is C11H19F7NOS+. The topological polar surface area (TPSA) is 20.2 Å². The monoisotopic (exact) mass is 346 g/mol. The minimum atomic E-state index is -6.01. The maximum atomic E-state index is 13.3. The average Bonchev–Trinajstić information content (AvgIpc) is 2.18. The van der Waals surface area contributed by atoms with Gasteiger partial charge in [0.05, 0.1) is 21.1 Å². The van der Waals surface area contributed by atoms with E-state index in [2.05, 4.69) is 0 Å². The molecule has 0 aromatic rings. The minimum absolute atomic E-state index is 0.0543. The molecule has 1 N–H and O–H groups in total. The van der Waals surface area contributed by atoms with Gasteiger partial charge in [0.1, 0.15) is 12.6 Å². The number of aliphatic hydroxyl groups excluding tert-OH is 1. The fraction of sp³-hybridized carbons (Fsp3) is 1.00. The molecule has 1 unspecified atom stereocenters. The molecule has 0 fully saturated rings. The molecule has 1 atom stereocenters. The first kappa shape index (κ1) is 20.8. The van der Waals surface area contributed by atoms with Crippen molar-refractivity contribution in [1.29, 1.82) is 0 Å². The van der Waals surface area contributed by atoms with E-state index in [0.717, 1.165) is 0 Å². The molecule has 0 heterocycles.